The fraction of sp³-hybridized carbons (Fsp3) is 0.125. The summed E-state index contributed by atoms with van der Waals surface area (Å²) in [6.07, 6.45) is 0. The van der Waals surface area contributed by atoms with Crippen molar-refractivity contribution in [3.05, 3.63) is 57.1 Å². The summed E-state index contributed by atoms with van der Waals surface area (Å²) in [6, 6.07) is 7.92. The zero-order valence-electron chi connectivity index (χ0n) is 12.4. The highest BCUT2D eigenvalue weighted by Crippen LogP contribution is 2.27. The van der Waals surface area contributed by atoms with Crippen molar-refractivity contribution in [2.45, 2.75) is 13.8 Å². The number of rotatable bonds is 2. The van der Waals surface area contributed by atoms with Crippen LogP contribution in [-0.4, -0.2) is 16.1 Å². The maximum atomic E-state index is 12.2. The third-order valence-electron chi connectivity index (χ3n) is 3.26. The first-order chi connectivity index (χ1) is 10.8. The molecule has 2 rings (SSSR count). The van der Waals surface area contributed by atoms with E-state index in [1.54, 1.807) is 18.2 Å². The van der Waals surface area contributed by atoms with Gasteiger partial charge in [-0.05, 0) is 67.5 Å². The Morgan fingerprint density at radius 2 is 1.78 bits per heavy atom. The summed E-state index contributed by atoms with van der Waals surface area (Å²) in [7, 11) is 0. The number of carbonyl (C=O) groups excluding carboxylic acids is 1. The topological polar surface area (TPSA) is 61.4 Å². The fourth-order valence-corrected chi connectivity index (χ4v) is 2.60. The van der Waals surface area contributed by atoms with Gasteiger partial charge in [-0.1, -0.05) is 23.2 Å². The average Bonchev–Trinajstić information content (AvgIpc) is 2.44. The number of thiocarbonyl (C=S) groups is 1. The molecule has 0 radical (unpaired) electrons. The van der Waals surface area contributed by atoms with Gasteiger partial charge in [-0.25, -0.2) is 0 Å². The third kappa shape index (κ3) is 4.34. The van der Waals surface area contributed by atoms with Crippen molar-refractivity contribution in [3.63, 3.8) is 0 Å². The van der Waals surface area contributed by atoms with Gasteiger partial charge in [-0.2, -0.15) is 0 Å². The van der Waals surface area contributed by atoms with E-state index in [-0.39, 0.29) is 21.4 Å². The van der Waals surface area contributed by atoms with Crippen LogP contribution in [0.2, 0.25) is 10.0 Å². The minimum atomic E-state index is -0.465. The van der Waals surface area contributed by atoms with Gasteiger partial charge in [0.15, 0.2) is 5.11 Å². The molecule has 7 heteroatoms. The Hall–Kier alpha value is -1.82. The lowest BCUT2D eigenvalue weighted by Crippen LogP contribution is -2.34. The van der Waals surface area contributed by atoms with Crippen molar-refractivity contribution in [1.29, 1.82) is 0 Å². The molecule has 0 aromatic heterocycles. The van der Waals surface area contributed by atoms with Crippen LogP contribution in [0.4, 0.5) is 5.69 Å². The number of carbonyl (C=O) groups is 1. The number of halogens is 2. The van der Waals surface area contributed by atoms with Gasteiger partial charge in [0.1, 0.15) is 5.75 Å². The second-order valence-electron chi connectivity index (χ2n) is 4.99. The van der Waals surface area contributed by atoms with Gasteiger partial charge in [0.2, 0.25) is 0 Å². The number of hydrogen-bond acceptors (Lipinski definition) is 3. The molecule has 120 valence electrons. The van der Waals surface area contributed by atoms with Gasteiger partial charge in [0.05, 0.1) is 16.3 Å². The van der Waals surface area contributed by atoms with Crippen molar-refractivity contribution >= 4 is 52.1 Å². The summed E-state index contributed by atoms with van der Waals surface area (Å²) in [4.78, 5) is 12.2. The molecule has 2 aromatic rings. The lowest BCUT2D eigenvalue weighted by molar-refractivity contribution is 0.0978. The van der Waals surface area contributed by atoms with Gasteiger partial charge in [0.25, 0.3) is 5.91 Å². The van der Waals surface area contributed by atoms with Crippen LogP contribution in [-0.2, 0) is 0 Å². The highest BCUT2D eigenvalue weighted by Gasteiger charge is 2.13. The molecule has 4 nitrogen and oxygen atoms in total. The quantitative estimate of drug-likeness (QED) is 0.541. The molecule has 0 saturated heterocycles. The van der Waals surface area contributed by atoms with Crippen LogP contribution in [0.5, 0.6) is 5.75 Å². The Kier molecular flexibility index (Phi) is 5.46. The van der Waals surface area contributed by atoms with E-state index in [1.807, 2.05) is 13.8 Å². The molecule has 3 N–H and O–H groups in total. The van der Waals surface area contributed by atoms with E-state index in [4.69, 9.17) is 35.4 Å². The van der Waals surface area contributed by atoms with Crippen molar-refractivity contribution < 1.29 is 9.90 Å². The molecule has 0 aliphatic rings. The van der Waals surface area contributed by atoms with E-state index in [1.165, 1.54) is 12.1 Å². The molecule has 23 heavy (non-hydrogen) atoms. The second-order valence-corrected chi connectivity index (χ2v) is 6.24. The standard InChI is InChI=1S/C16H14Cl2N2O2S/c1-8-5-13(14(21)6-9(8)2)19-16(23)20-15(22)11-4-3-10(17)7-12(11)18/h3-7,21H,1-2H3,(H2,19,20,22,23). The van der Waals surface area contributed by atoms with E-state index in [2.05, 4.69) is 10.6 Å². The first kappa shape index (κ1) is 17.5. The number of phenolic OH excluding ortho intramolecular Hbond substituents is 1. The minimum Gasteiger partial charge on any atom is -0.506 e. The summed E-state index contributed by atoms with van der Waals surface area (Å²) in [5.74, 6) is -0.415. The number of hydrogen-bond donors (Lipinski definition) is 3. The molecule has 0 heterocycles. The maximum absolute atomic E-state index is 12.2. The molecule has 0 aliphatic heterocycles. The molecule has 0 bridgehead atoms. The number of aryl methyl sites for hydroxylation is 2. The predicted molar refractivity (Wildman–Crippen MR) is 97.7 cm³/mol. The molecular formula is C16H14Cl2N2O2S. The lowest BCUT2D eigenvalue weighted by Gasteiger charge is -2.13. The summed E-state index contributed by atoms with van der Waals surface area (Å²) in [5.41, 5.74) is 2.61. The van der Waals surface area contributed by atoms with E-state index in [0.717, 1.165) is 11.1 Å². The molecule has 0 unspecified atom stereocenters. The van der Waals surface area contributed by atoms with E-state index >= 15 is 0 Å². The van der Waals surface area contributed by atoms with Gasteiger partial charge < -0.3 is 10.4 Å². The smallest absolute Gasteiger partial charge is 0.258 e. The summed E-state index contributed by atoms with van der Waals surface area (Å²) in [6.45, 7) is 3.80. The summed E-state index contributed by atoms with van der Waals surface area (Å²) < 4.78 is 0. The molecule has 0 atom stereocenters. The minimum absolute atomic E-state index is 0.0502. The van der Waals surface area contributed by atoms with Crippen LogP contribution in [0, 0.1) is 13.8 Å². The Morgan fingerprint density at radius 1 is 1.13 bits per heavy atom. The van der Waals surface area contributed by atoms with Crippen molar-refractivity contribution in [3.8, 4) is 5.75 Å². The fourth-order valence-electron chi connectivity index (χ4n) is 1.90. The highest BCUT2D eigenvalue weighted by molar-refractivity contribution is 7.80. The first-order valence-electron chi connectivity index (χ1n) is 6.65. The van der Waals surface area contributed by atoms with Crippen LogP contribution in [0.15, 0.2) is 30.3 Å². The molecule has 0 spiro atoms. The predicted octanol–water partition coefficient (Wildman–Crippen LogP) is 4.44. The number of benzene rings is 2. The Bertz CT molecular complexity index is 794. The van der Waals surface area contributed by atoms with E-state index in [9.17, 15) is 9.90 Å². The zero-order chi connectivity index (χ0) is 17.1. The van der Waals surface area contributed by atoms with Crippen LogP contribution in [0.3, 0.4) is 0 Å². The van der Waals surface area contributed by atoms with Crippen molar-refractivity contribution in [1.82, 2.24) is 5.32 Å². The number of nitrogens with one attached hydrogen (secondary N) is 2. The van der Waals surface area contributed by atoms with Crippen LogP contribution in [0.25, 0.3) is 0 Å². The molecular weight excluding hydrogens is 355 g/mol. The molecule has 0 fully saturated rings. The number of phenols is 1. The largest absolute Gasteiger partial charge is 0.506 e. The maximum Gasteiger partial charge on any atom is 0.258 e. The molecule has 0 saturated carbocycles. The van der Waals surface area contributed by atoms with E-state index < -0.39 is 5.91 Å². The van der Waals surface area contributed by atoms with Gasteiger partial charge in [0, 0.05) is 5.02 Å². The zero-order valence-corrected chi connectivity index (χ0v) is 14.7. The second kappa shape index (κ2) is 7.17. The van der Waals surface area contributed by atoms with Crippen LogP contribution >= 0.6 is 35.4 Å². The van der Waals surface area contributed by atoms with Gasteiger partial charge in [-0.3, -0.25) is 10.1 Å². The summed E-state index contributed by atoms with van der Waals surface area (Å²) >= 11 is 16.9. The van der Waals surface area contributed by atoms with Crippen molar-refractivity contribution in [2.24, 2.45) is 0 Å². The first-order valence-corrected chi connectivity index (χ1v) is 7.82. The van der Waals surface area contributed by atoms with Crippen LogP contribution < -0.4 is 10.6 Å². The molecule has 0 aliphatic carbocycles. The summed E-state index contributed by atoms with van der Waals surface area (Å²) in [5, 5.41) is 15.9. The van der Waals surface area contributed by atoms with Gasteiger partial charge in [-0.15, -0.1) is 0 Å². The van der Waals surface area contributed by atoms with Gasteiger partial charge >= 0.3 is 0 Å². The monoisotopic (exact) mass is 368 g/mol. The normalized spacial score (nSPS) is 10.3. The SMILES string of the molecule is Cc1cc(O)c(NC(=S)NC(=O)c2ccc(Cl)cc2Cl)cc1C. The number of anilines is 1. The lowest BCUT2D eigenvalue weighted by atomic mass is 10.1. The Labute approximate surface area is 149 Å². The Morgan fingerprint density at radius 3 is 2.43 bits per heavy atom. The van der Waals surface area contributed by atoms with Crippen LogP contribution in [0.1, 0.15) is 21.5 Å². The highest BCUT2D eigenvalue weighted by atomic mass is 35.5. The van der Waals surface area contributed by atoms with E-state index in [0.29, 0.717) is 10.7 Å². The molecule has 1 amide bonds. The number of amides is 1. The average molecular weight is 369 g/mol. The number of aromatic hydroxyl groups is 1. The Balaban J connectivity index is 2.10. The van der Waals surface area contributed by atoms with Crippen molar-refractivity contribution in [2.75, 3.05) is 5.32 Å². The third-order valence-corrected chi connectivity index (χ3v) is 4.01. The molecule has 2 aromatic carbocycles.